The molecule has 0 aliphatic carbocycles. The topological polar surface area (TPSA) is 107 Å². The molecular formula is C14H15N3O4. The summed E-state index contributed by atoms with van der Waals surface area (Å²) < 4.78 is 6.33. The monoisotopic (exact) mass is 289 g/mol. The lowest BCUT2D eigenvalue weighted by Gasteiger charge is -2.08. The van der Waals surface area contributed by atoms with Gasteiger partial charge in [0.15, 0.2) is 0 Å². The van der Waals surface area contributed by atoms with Crippen molar-refractivity contribution in [2.45, 2.75) is 13.5 Å². The molecule has 2 rings (SSSR count). The maximum atomic E-state index is 11.6. The quantitative estimate of drug-likeness (QED) is 0.636. The molecule has 7 nitrogen and oxygen atoms in total. The summed E-state index contributed by atoms with van der Waals surface area (Å²) in [5.41, 5.74) is 6.76. The van der Waals surface area contributed by atoms with E-state index in [0.29, 0.717) is 11.1 Å². The highest BCUT2D eigenvalue weighted by Gasteiger charge is 2.15. The van der Waals surface area contributed by atoms with Crippen molar-refractivity contribution in [1.29, 1.82) is 0 Å². The minimum absolute atomic E-state index is 0.0469. The van der Waals surface area contributed by atoms with Crippen LogP contribution in [0.5, 0.6) is 0 Å². The van der Waals surface area contributed by atoms with E-state index in [9.17, 15) is 14.7 Å². The molecule has 7 heteroatoms. The lowest BCUT2D eigenvalue weighted by atomic mass is 10.1. The number of carboxylic acids is 1. The van der Waals surface area contributed by atoms with Crippen LogP contribution in [0.1, 0.15) is 33.2 Å². The van der Waals surface area contributed by atoms with E-state index < -0.39 is 11.9 Å². The summed E-state index contributed by atoms with van der Waals surface area (Å²) in [5.74, 6) is -1.56. The third kappa shape index (κ3) is 3.19. The highest BCUT2D eigenvalue weighted by molar-refractivity contribution is 5.95. The third-order valence-electron chi connectivity index (χ3n) is 2.87. The number of aromatic carboxylic acids is 1. The van der Waals surface area contributed by atoms with Gasteiger partial charge in [-0.1, -0.05) is 12.1 Å². The predicted octanol–water partition coefficient (Wildman–Crippen LogP) is 1.39. The van der Waals surface area contributed by atoms with Gasteiger partial charge in [-0.25, -0.2) is 9.59 Å². The predicted molar refractivity (Wildman–Crippen MR) is 75.1 cm³/mol. The summed E-state index contributed by atoms with van der Waals surface area (Å²) in [4.78, 5) is 22.8. The average molecular weight is 289 g/mol. The molecule has 0 spiro atoms. The number of nitrogen functional groups attached to an aromatic ring is 1. The molecule has 0 radical (unpaired) electrons. The molecule has 0 saturated carbocycles. The molecule has 1 heterocycles. The molecule has 1 aromatic carbocycles. The summed E-state index contributed by atoms with van der Waals surface area (Å²) in [7, 11) is 0. The van der Waals surface area contributed by atoms with Gasteiger partial charge in [-0.15, -0.1) is 0 Å². The van der Waals surface area contributed by atoms with Gasteiger partial charge >= 0.3 is 11.9 Å². The van der Waals surface area contributed by atoms with Crippen molar-refractivity contribution in [2.24, 2.45) is 0 Å². The summed E-state index contributed by atoms with van der Waals surface area (Å²) in [6.07, 6.45) is 2.89. The largest absolute Gasteiger partial charge is 0.478 e. The minimum atomic E-state index is -1.10. The van der Waals surface area contributed by atoms with Crippen molar-refractivity contribution < 1.29 is 19.4 Å². The molecule has 1 aromatic heterocycles. The molecule has 0 saturated heterocycles. The zero-order valence-corrected chi connectivity index (χ0v) is 11.4. The Hall–Kier alpha value is -2.83. The van der Waals surface area contributed by atoms with Crippen LogP contribution in [-0.2, 0) is 11.3 Å². The van der Waals surface area contributed by atoms with Gasteiger partial charge in [-0.3, -0.25) is 4.68 Å². The van der Waals surface area contributed by atoms with Crippen LogP contribution in [0.3, 0.4) is 0 Å². The molecule has 21 heavy (non-hydrogen) atoms. The van der Waals surface area contributed by atoms with Gasteiger partial charge in [0, 0.05) is 11.9 Å². The van der Waals surface area contributed by atoms with Gasteiger partial charge in [0.1, 0.15) is 0 Å². The summed E-state index contributed by atoms with van der Waals surface area (Å²) >= 11 is 0. The molecule has 0 bridgehead atoms. The van der Waals surface area contributed by atoms with Crippen LogP contribution >= 0.6 is 0 Å². The van der Waals surface area contributed by atoms with E-state index in [2.05, 4.69) is 5.10 Å². The number of ether oxygens (including phenoxy) is 1. The van der Waals surface area contributed by atoms with E-state index in [4.69, 9.17) is 10.5 Å². The van der Waals surface area contributed by atoms with Gasteiger partial charge in [0.2, 0.25) is 0 Å². The van der Waals surface area contributed by atoms with Gasteiger partial charge < -0.3 is 15.6 Å². The van der Waals surface area contributed by atoms with Crippen LogP contribution in [0.15, 0.2) is 30.6 Å². The number of hydrogen-bond acceptors (Lipinski definition) is 5. The first-order chi connectivity index (χ1) is 10.0. The Labute approximate surface area is 120 Å². The number of carboxylic acid groups (broad SMARTS) is 1. The van der Waals surface area contributed by atoms with Crippen LogP contribution in [-0.4, -0.2) is 33.4 Å². The van der Waals surface area contributed by atoms with E-state index >= 15 is 0 Å². The fourth-order valence-corrected chi connectivity index (χ4v) is 1.96. The van der Waals surface area contributed by atoms with Crippen LogP contribution in [0.25, 0.3) is 0 Å². The lowest BCUT2D eigenvalue weighted by molar-refractivity contribution is 0.0525. The van der Waals surface area contributed by atoms with Crippen molar-refractivity contribution >= 4 is 17.6 Å². The van der Waals surface area contributed by atoms with Gasteiger partial charge in [-0.2, -0.15) is 5.10 Å². The molecular weight excluding hydrogens is 274 g/mol. The number of rotatable bonds is 5. The zero-order valence-electron chi connectivity index (χ0n) is 11.4. The number of nitrogens with two attached hydrogens (primary N) is 1. The molecule has 0 aliphatic heterocycles. The Kier molecular flexibility index (Phi) is 4.22. The summed E-state index contributed by atoms with van der Waals surface area (Å²) in [5, 5.41) is 13.2. The third-order valence-corrected chi connectivity index (χ3v) is 2.87. The summed E-state index contributed by atoms with van der Waals surface area (Å²) in [6.45, 7) is 2.20. The SMILES string of the molecule is CCOC(=O)c1cnn(Cc2cccc(N)c2C(=O)O)c1. The Balaban J connectivity index is 2.25. The molecule has 0 unspecified atom stereocenters. The minimum Gasteiger partial charge on any atom is -0.478 e. The van der Waals surface area contributed by atoms with Crippen molar-refractivity contribution in [1.82, 2.24) is 9.78 Å². The first kappa shape index (κ1) is 14.6. The maximum Gasteiger partial charge on any atom is 0.341 e. The molecule has 2 aromatic rings. The first-order valence-corrected chi connectivity index (χ1v) is 6.33. The maximum absolute atomic E-state index is 11.6. The van der Waals surface area contributed by atoms with Gasteiger partial charge in [0.05, 0.1) is 30.5 Å². The van der Waals surface area contributed by atoms with Gasteiger partial charge in [-0.05, 0) is 18.6 Å². The van der Waals surface area contributed by atoms with Crippen molar-refractivity contribution in [3.05, 3.63) is 47.3 Å². The van der Waals surface area contributed by atoms with Crippen LogP contribution < -0.4 is 5.73 Å². The molecule has 0 atom stereocenters. The fraction of sp³-hybridized carbons (Fsp3) is 0.214. The number of esters is 1. The lowest BCUT2D eigenvalue weighted by Crippen LogP contribution is -2.10. The number of hydrogen-bond donors (Lipinski definition) is 2. The number of aromatic nitrogens is 2. The number of nitrogens with zero attached hydrogens (tertiary/aromatic N) is 2. The number of carbonyl (C=O) groups excluding carboxylic acids is 1. The number of benzene rings is 1. The second-order valence-corrected chi connectivity index (χ2v) is 4.33. The second kappa shape index (κ2) is 6.08. The highest BCUT2D eigenvalue weighted by Crippen LogP contribution is 2.18. The van der Waals surface area contributed by atoms with Crippen molar-refractivity contribution in [2.75, 3.05) is 12.3 Å². The van der Waals surface area contributed by atoms with E-state index in [1.165, 1.54) is 23.1 Å². The first-order valence-electron chi connectivity index (χ1n) is 6.33. The van der Waals surface area contributed by atoms with Crippen LogP contribution in [0.4, 0.5) is 5.69 Å². The summed E-state index contributed by atoms with van der Waals surface area (Å²) in [6, 6.07) is 4.86. The standard InChI is InChI=1S/C14H15N3O4/c1-2-21-14(20)10-6-16-17(8-10)7-9-4-3-5-11(15)12(9)13(18)19/h3-6,8H,2,7,15H2,1H3,(H,18,19). The van der Waals surface area contributed by atoms with E-state index in [-0.39, 0.29) is 24.4 Å². The van der Waals surface area contributed by atoms with Crippen LogP contribution in [0.2, 0.25) is 0 Å². The Morgan fingerprint density at radius 2 is 2.19 bits per heavy atom. The average Bonchev–Trinajstić information content (AvgIpc) is 2.87. The second-order valence-electron chi connectivity index (χ2n) is 4.33. The molecule has 110 valence electrons. The van der Waals surface area contributed by atoms with E-state index in [1.54, 1.807) is 19.1 Å². The Bertz CT molecular complexity index is 679. The normalized spacial score (nSPS) is 10.3. The fourth-order valence-electron chi connectivity index (χ4n) is 1.96. The highest BCUT2D eigenvalue weighted by atomic mass is 16.5. The van der Waals surface area contributed by atoms with Crippen LogP contribution in [0, 0.1) is 0 Å². The van der Waals surface area contributed by atoms with Crippen molar-refractivity contribution in [3.8, 4) is 0 Å². The van der Waals surface area contributed by atoms with E-state index in [0.717, 1.165) is 0 Å². The Morgan fingerprint density at radius 1 is 1.43 bits per heavy atom. The van der Waals surface area contributed by atoms with Crippen molar-refractivity contribution in [3.63, 3.8) is 0 Å². The molecule has 3 N–H and O–H groups in total. The number of carbonyl (C=O) groups is 2. The van der Waals surface area contributed by atoms with E-state index in [1.807, 2.05) is 0 Å². The van der Waals surface area contributed by atoms with Gasteiger partial charge in [0.25, 0.3) is 0 Å². The number of anilines is 1. The molecule has 0 aliphatic rings. The molecule has 0 amide bonds. The molecule has 0 fully saturated rings. The Morgan fingerprint density at radius 3 is 2.86 bits per heavy atom. The smallest absolute Gasteiger partial charge is 0.341 e. The zero-order chi connectivity index (χ0) is 15.4.